The number of nitrogens with zero attached hydrogens (tertiary/aromatic N) is 3. The zero-order valence-electron chi connectivity index (χ0n) is 7.72. The zero-order chi connectivity index (χ0) is 10.0. The molecule has 2 rings (SSSR count). The van der Waals surface area contributed by atoms with Crippen LogP contribution in [0.2, 0.25) is 0 Å². The summed E-state index contributed by atoms with van der Waals surface area (Å²) in [6.45, 7) is 0. The van der Waals surface area contributed by atoms with Crippen molar-refractivity contribution in [3.05, 3.63) is 24.3 Å². The quantitative estimate of drug-likeness (QED) is 0.759. The van der Waals surface area contributed by atoms with Gasteiger partial charge in [0.05, 0.1) is 17.2 Å². The number of aliphatic hydroxyl groups is 1. The fourth-order valence-electron chi connectivity index (χ4n) is 1.75. The van der Waals surface area contributed by atoms with Crippen molar-refractivity contribution in [1.29, 1.82) is 5.26 Å². The Morgan fingerprint density at radius 3 is 2.79 bits per heavy atom. The Balaban J connectivity index is 2.24. The maximum Gasteiger partial charge on any atom is 0.115 e. The predicted octanol–water partition coefficient (Wildman–Crippen LogP) is 1.20. The van der Waals surface area contributed by atoms with E-state index in [4.69, 9.17) is 5.26 Å². The van der Waals surface area contributed by atoms with Crippen LogP contribution in [-0.4, -0.2) is 15.1 Å². The first-order valence-corrected chi connectivity index (χ1v) is 4.64. The second kappa shape index (κ2) is 3.35. The van der Waals surface area contributed by atoms with Crippen LogP contribution < -0.4 is 0 Å². The van der Waals surface area contributed by atoms with Crippen LogP contribution in [0.5, 0.6) is 0 Å². The molecule has 0 aromatic carbocycles. The zero-order valence-corrected chi connectivity index (χ0v) is 7.72. The number of aliphatic hydroxyl groups excluding tert-OH is 1. The van der Waals surface area contributed by atoms with Crippen molar-refractivity contribution in [1.82, 2.24) is 9.97 Å². The molecule has 1 N–H and O–H groups in total. The lowest BCUT2D eigenvalue weighted by Crippen LogP contribution is -2.34. The molecule has 1 aromatic heterocycles. The Morgan fingerprint density at radius 2 is 2.36 bits per heavy atom. The van der Waals surface area contributed by atoms with E-state index in [0.717, 1.165) is 19.3 Å². The van der Waals surface area contributed by atoms with Gasteiger partial charge in [0, 0.05) is 6.20 Å². The average molecular weight is 189 g/mol. The molecule has 0 bridgehead atoms. The molecule has 72 valence electrons. The molecule has 0 radical (unpaired) electrons. The number of hydrogen-bond donors (Lipinski definition) is 1. The van der Waals surface area contributed by atoms with Gasteiger partial charge in [0.15, 0.2) is 0 Å². The van der Waals surface area contributed by atoms with E-state index >= 15 is 0 Å². The van der Waals surface area contributed by atoms with Gasteiger partial charge in [-0.25, -0.2) is 9.97 Å². The van der Waals surface area contributed by atoms with Gasteiger partial charge in [0.1, 0.15) is 12.4 Å². The molecule has 1 saturated carbocycles. The highest BCUT2D eigenvalue weighted by molar-refractivity contribution is 5.17. The van der Waals surface area contributed by atoms with E-state index < -0.39 is 11.5 Å². The van der Waals surface area contributed by atoms with Gasteiger partial charge in [-0.2, -0.15) is 5.26 Å². The van der Waals surface area contributed by atoms with Gasteiger partial charge in [-0.05, 0) is 18.9 Å². The second-order valence-electron chi connectivity index (χ2n) is 3.66. The highest BCUT2D eigenvalue weighted by Crippen LogP contribution is 2.49. The van der Waals surface area contributed by atoms with E-state index in [2.05, 4.69) is 16.0 Å². The molecule has 0 amide bonds. The third-order valence-corrected chi connectivity index (χ3v) is 2.88. The first-order valence-electron chi connectivity index (χ1n) is 4.64. The summed E-state index contributed by atoms with van der Waals surface area (Å²) in [5.41, 5.74) is -0.0600. The average Bonchev–Trinajstić information content (AvgIpc) is 2.18. The molecule has 1 unspecified atom stereocenters. The molecule has 1 heterocycles. The lowest BCUT2D eigenvalue weighted by molar-refractivity contribution is 0.00495. The van der Waals surface area contributed by atoms with E-state index in [-0.39, 0.29) is 0 Å². The molecular formula is C10H11N3O. The Hall–Kier alpha value is -1.47. The maximum absolute atomic E-state index is 9.98. The van der Waals surface area contributed by atoms with Crippen molar-refractivity contribution >= 4 is 0 Å². The van der Waals surface area contributed by atoms with Gasteiger partial charge < -0.3 is 5.11 Å². The Morgan fingerprint density at radius 1 is 1.57 bits per heavy atom. The largest absolute Gasteiger partial charge is 0.385 e. The lowest BCUT2D eigenvalue weighted by Gasteiger charge is -2.38. The molecule has 1 aliphatic carbocycles. The minimum Gasteiger partial charge on any atom is -0.385 e. The molecule has 1 aliphatic rings. The van der Waals surface area contributed by atoms with Crippen LogP contribution in [0.1, 0.15) is 31.1 Å². The van der Waals surface area contributed by atoms with Crippen LogP contribution in [0.15, 0.2) is 18.6 Å². The summed E-state index contributed by atoms with van der Waals surface area (Å²) in [6, 6.07) is 3.86. The summed E-state index contributed by atoms with van der Waals surface area (Å²) in [7, 11) is 0. The Labute approximate surface area is 82.2 Å². The van der Waals surface area contributed by atoms with Crippen LogP contribution in [0.4, 0.5) is 0 Å². The van der Waals surface area contributed by atoms with Crippen LogP contribution in [0.25, 0.3) is 0 Å². The summed E-state index contributed by atoms with van der Waals surface area (Å²) in [5.74, 6) is 0. The molecule has 4 heteroatoms. The molecule has 0 spiro atoms. The molecule has 0 saturated heterocycles. The second-order valence-corrected chi connectivity index (χ2v) is 3.66. The SMILES string of the molecule is N#CC1(C(O)c2ccncn2)CCC1. The minimum absolute atomic E-state index is 0.543. The molecule has 1 fully saturated rings. The van der Waals surface area contributed by atoms with E-state index in [1.165, 1.54) is 6.33 Å². The summed E-state index contributed by atoms with van der Waals surface area (Å²) in [6.07, 6.45) is 4.72. The van der Waals surface area contributed by atoms with Gasteiger partial charge in [-0.15, -0.1) is 0 Å². The summed E-state index contributed by atoms with van der Waals surface area (Å²) in [5, 5.41) is 19.0. The highest BCUT2D eigenvalue weighted by Gasteiger charge is 2.45. The van der Waals surface area contributed by atoms with Gasteiger partial charge in [-0.3, -0.25) is 0 Å². The van der Waals surface area contributed by atoms with Crippen LogP contribution >= 0.6 is 0 Å². The number of hydrogen-bond acceptors (Lipinski definition) is 4. The lowest BCUT2D eigenvalue weighted by atomic mass is 9.65. The maximum atomic E-state index is 9.98. The first-order chi connectivity index (χ1) is 6.78. The van der Waals surface area contributed by atoms with Crippen molar-refractivity contribution in [2.75, 3.05) is 0 Å². The van der Waals surface area contributed by atoms with Gasteiger partial charge in [0.2, 0.25) is 0 Å². The molecule has 14 heavy (non-hydrogen) atoms. The standard InChI is InChI=1S/C10H11N3O/c11-6-10(3-1-4-10)9(14)8-2-5-12-7-13-8/h2,5,7,9,14H,1,3-4H2. The molecule has 4 nitrogen and oxygen atoms in total. The molecule has 0 aliphatic heterocycles. The van der Waals surface area contributed by atoms with Gasteiger partial charge in [0.25, 0.3) is 0 Å². The number of rotatable bonds is 2. The van der Waals surface area contributed by atoms with Crippen LogP contribution in [0, 0.1) is 16.7 Å². The van der Waals surface area contributed by atoms with E-state index in [1.54, 1.807) is 12.3 Å². The van der Waals surface area contributed by atoms with Crippen molar-refractivity contribution in [2.24, 2.45) is 5.41 Å². The third-order valence-electron chi connectivity index (χ3n) is 2.88. The van der Waals surface area contributed by atoms with Crippen molar-refractivity contribution in [3.8, 4) is 6.07 Å². The van der Waals surface area contributed by atoms with Crippen molar-refractivity contribution in [3.63, 3.8) is 0 Å². The van der Waals surface area contributed by atoms with E-state index in [9.17, 15) is 5.11 Å². The fourth-order valence-corrected chi connectivity index (χ4v) is 1.75. The smallest absolute Gasteiger partial charge is 0.115 e. The predicted molar refractivity (Wildman–Crippen MR) is 48.9 cm³/mol. The molecular weight excluding hydrogens is 178 g/mol. The third kappa shape index (κ3) is 1.26. The van der Waals surface area contributed by atoms with Crippen LogP contribution in [-0.2, 0) is 0 Å². The van der Waals surface area contributed by atoms with Gasteiger partial charge in [-0.1, -0.05) is 6.42 Å². The normalized spacial score (nSPS) is 20.6. The Kier molecular flexibility index (Phi) is 2.18. The first kappa shape index (κ1) is 9.10. The fraction of sp³-hybridized carbons (Fsp3) is 0.500. The summed E-state index contributed by atoms with van der Waals surface area (Å²) >= 11 is 0. The van der Waals surface area contributed by atoms with Gasteiger partial charge >= 0.3 is 0 Å². The Bertz CT molecular complexity index is 353. The molecule has 1 atom stereocenters. The number of nitriles is 1. The minimum atomic E-state index is -0.774. The monoisotopic (exact) mass is 189 g/mol. The summed E-state index contributed by atoms with van der Waals surface area (Å²) in [4.78, 5) is 7.74. The topological polar surface area (TPSA) is 69.8 Å². The highest BCUT2D eigenvalue weighted by atomic mass is 16.3. The summed E-state index contributed by atoms with van der Waals surface area (Å²) < 4.78 is 0. The number of aromatic nitrogens is 2. The van der Waals surface area contributed by atoms with Crippen LogP contribution in [0.3, 0.4) is 0 Å². The van der Waals surface area contributed by atoms with E-state index in [1.807, 2.05) is 0 Å². The van der Waals surface area contributed by atoms with Crippen molar-refractivity contribution < 1.29 is 5.11 Å². The van der Waals surface area contributed by atoms with E-state index in [0.29, 0.717) is 5.69 Å². The molecule has 1 aromatic rings. The van der Waals surface area contributed by atoms with Crippen molar-refractivity contribution in [2.45, 2.75) is 25.4 Å².